The third-order valence-corrected chi connectivity index (χ3v) is 7.09. The highest BCUT2D eigenvalue weighted by Gasteiger charge is 2.34. The highest BCUT2D eigenvalue weighted by Crippen LogP contribution is 2.34. The summed E-state index contributed by atoms with van der Waals surface area (Å²) in [4.78, 5) is 19.8. The molecule has 1 aliphatic heterocycles. The van der Waals surface area contributed by atoms with E-state index in [1.165, 1.54) is 5.56 Å². The number of imidazole rings is 1. The lowest BCUT2D eigenvalue weighted by Crippen LogP contribution is -2.24. The molecule has 35 heavy (non-hydrogen) atoms. The zero-order valence-electron chi connectivity index (χ0n) is 20.4. The molecule has 2 heterocycles. The third kappa shape index (κ3) is 4.98. The number of rotatable bonds is 6. The number of fused-ring (bicyclic) bond motifs is 1. The number of aromatic nitrogens is 2. The number of amides is 1. The quantitative estimate of drug-likeness (QED) is 0.278. The molecule has 0 bridgehead atoms. The minimum Gasteiger partial charge on any atom is -0.492 e. The summed E-state index contributed by atoms with van der Waals surface area (Å²) < 4.78 is 9.29. The van der Waals surface area contributed by atoms with Crippen molar-refractivity contribution in [1.82, 2.24) is 9.55 Å². The maximum atomic E-state index is 12.9. The highest BCUT2D eigenvalue weighted by atomic mass is 79.9. The number of hydrogen-bond acceptors (Lipinski definition) is 3. The van der Waals surface area contributed by atoms with Gasteiger partial charge in [-0.1, -0.05) is 67.0 Å². The third-order valence-electron chi connectivity index (χ3n) is 6.60. The Labute approximate surface area is 214 Å². The van der Waals surface area contributed by atoms with Crippen LogP contribution in [-0.2, 0) is 16.8 Å². The fraction of sp³-hybridized carbons (Fsp3) is 0.310. The lowest BCUT2D eigenvalue weighted by molar-refractivity contribution is -0.117. The Bertz CT molecular complexity index is 1350. The first-order valence-electron chi connectivity index (χ1n) is 12.0. The molecule has 0 saturated carbocycles. The van der Waals surface area contributed by atoms with Crippen molar-refractivity contribution in [3.8, 4) is 5.75 Å². The van der Waals surface area contributed by atoms with Crippen LogP contribution in [0.15, 0.2) is 77.3 Å². The Kier molecular flexibility index (Phi) is 6.41. The highest BCUT2D eigenvalue weighted by molar-refractivity contribution is 9.10. The molecule has 0 radical (unpaired) electrons. The lowest BCUT2D eigenvalue weighted by atomic mass is 9.87. The van der Waals surface area contributed by atoms with E-state index < -0.39 is 0 Å². The van der Waals surface area contributed by atoms with Crippen LogP contribution in [0.1, 0.15) is 44.5 Å². The second-order valence-corrected chi connectivity index (χ2v) is 11.0. The fourth-order valence-corrected chi connectivity index (χ4v) is 5.11. The Morgan fingerprint density at radius 2 is 1.80 bits per heavy atom. The van der Waals surface area contributed by atoms with Crippen LogP contribution < -0.4 is 9.64 Å². The van der Waals surface area contributed by atoms with E-state index in [-0.39, 0.29) is 17.2 Å². The molecule has 1 aliphatic rings. The molecule has 1 aromatic heterocycles. The molecule has 4 aromatic rings. The van der Waals surface area contributed by atoms with Crippen LogP contribution in [0.5, 0.6) is 5.75 Å². The standard InChI is InChI=1S/C29H30BrN3O2/c1-29(2,3)21-11-13-24(14-12-21)35-16-15-32-26-10-5-4-9-25(26)31-28(32)20-17-27(34)33(19-20)23-8-6-7-22(30)18-23/h4-14,18,20H,15-17,19H2,1-3H3. The molecular weight excluding hydrogens is 502 g/mol. The molecular formula is C29H30BrN3O2. The normalized spacial score (nSPS) is 16.3. The Morgan fingerprint density at radius 3 is 2.54 bits per heavy atom. The van der Waals surface area contributed by atoms with Gasteiger partial charge in [0.05, 0.1) is 17.6 Å². The van der Waals surface area contributed by atoms with Crippen LogP contribution in [0.2, 0.25) is 0 Å². The van der Waals surface area contributed by atoms with Gasteiger partial charge in [-0.05, 0) is 53.4 Å². The van der Waals surface area contributed by atoms with Gasteiger partial charge in [-0.15, -0.1) is 0 Å². The van der Waals surface area contributed by atoms with Crippen molar-refractivity contribution in [1.29, 1.82) is 0 Å². The number of carbonyl (C=O) groups excluding carboxylic acids is 1. The van der Waals surface area contributed by atoms with Gasteiger partial charge in [-0.25, -0.2) is 4.98 Å². The maximum absolute atomic E-state index is 12.9. The van der Waals surface area contributed by atoms with E-state index in [1.807, 2.05) is 59.5 Å². The molecule has 1 saturated heterocycles. The molecule has 1 fully saturated rings. The molecule has 5 nitrogen and oxygen atoms in total. The predicted molar refractivity (Wildman–Crippen MR) is 144 cm³/mol. The molecule has 1 amide bonds. The largest absolute Gasteiger partial charge is 0.492 e. The number of ether oxygens (including phenoxy) is 1. The number of carbonyl (C=O) groups is 1. The average Bonchev–Trinajstić information content (AvgIpc) is 3.39. The molecule has 6 heteroatoms. The summed E-state index contributed by atoms with van der Waals surface area (Å²) in [6.45, 7) is 8.44. The van der Waals surface area contributed by atoms with Crippen molar-refractivity contribution in [3.63, 3.8) is 0 Å². The number of benzene rings is 3. The average molecular weight is 532 g/mol. The minimum atomic E-state index is 0.0277. The fourth-order valence-electron chi connectivity index (χ4n) is 4.72. The summed E-state index contributed by atoms with van der Waals surface area (Å²) in [5, 5.41) is 0. The second-order valence-electron chi connectivity index (χ2n) is 10.1. The lowest BCUT2D eigenvalue weighted by Gasteiger charge is -2.19. The van der Waals surface area contributed by atoms with Crippen LogP contribution in [0.3, 0.4) is 0 Å². The topological polar surface area (TPSA) is 47.4 Å². The number of nitrogens with zero attached hydrogens (tertiary/aromatic N) is 3. The van der Waals surface area contributed by atoms with Gasteiger partial charge in [-0.2, -0.15) is 0 Å². The number of anilines is 1. The molecule has 0 aliphatic carbocycles. The van der Waals surface area contributed by atoms with Crippen LogP contribution in [0, 0.1) is 0 Å². The molecule has 3 aromatic carbocycles. The molecule has 0 spiro atoms. The van der Waals surface area contributed by atoms with Crippen molar-refractivity contribution in [2.45, 2.75) is 45.1 Å². The monoisotopic (exact) mass is 531 g/mol. The van der Waals surface area contributed by atoms with E-state index in [0.29, 0.717) is 26.1 Å². The molecule has 180 valence electrons. The van der Waals surface area contributed by atoms with Gasteiger partial charge < -0.3 is 14.2 Å². The number of para-hydroxylation sites is 2. The van der Waals surface area contributed by atoms with Gasteiger partial charge in [0, 0.05) is 29.0 Å². The summed E-state index contributed by atoms with van der Waals surface area (Å²) in [6, 6.07) is 24.4. The number of hydrogen-bond donors (Lipinski definition) is 0. The van der Waals surface area contributed by atoms with E-state index in [9.17, 15) is 4.79 Å². The Balaban J connectivity index is 1.36. The first kappa shape index (κ1) is 23.6. The predicted octanol–water partition coefficient (Wildman–Crippen LogP) is 6.70. The van der Waals surface area contributed by atoms with Crippen LogP contribution in [-0.4, -0.2) is 28.6 Å². The summed E-state index contributed by atoms with van der Waals surface area (Å²) in [7, 11) is 0. The second kappa shape index (κ2) is 9.50. The Morgan fingerprint density at radius 1 is 1.03 bits per heavy atom. The maximum Gasteiger partial charge on any atom is 0.227 e. The Hall–Kier alpha value is -3.12. The molecule has 1 unspecified atom stereocenters. The van der Waals surface area contributed by atoms with E-state index in [0.717, 1.165) is 32.8 Å². The van der Waals surface area contributed by atoms with E-state index in [4.69, 9.17) is 9.72 Å². The van der Waals surface area contributed by atoms with Crippen molar-refractivity contribution in [2.75, 3.05) is 18.1 Å². The van der Waals surface area contributed by atoms with E-state index in [2.05, 4.69) is 59.5 Å². The van der Waals surface area contributed by atoms with E-state index >= 15 is 0 Å². The first-order chi connectivity index (χ1) is 16.8. The van der Waals surface area contributed by atoms with Crippen LogP contribution >= 0.6 is 15.9 Å². The molecule has 1 atom stereocenters. The minimum absolute atomic E-state index is 0.0277. The van der Waals surface area contributed by atoms with Crippen LogP contribution in [0.4, 0.5) is 5.69 Å². The number of halogens is 1. The van der Waals surface area contributed by atoms with Crippen molar-refractivity contribution in [2.24, 2.45) is 0 Å². The van der Waals surface area contributed by atoms with Gasteiger partial charge >= 0.3 is 0 Å². The smallest absolute Gasteiger partial charge is 0.227 e. The van der Waals surface area contributed by atoms with E-state index in [1.54, 1.807) is 0 Å². The van der Waals surface area contributed by atoms with Crippen molar-refractivity contribution in [3.05, 3.63) is 88.7 Å². The first-order valence-corrected chi connectivity index (χ1v) is 12.8. The summed E-state index contributed by atoms with van der Waals surface area (Å²) >= 11 is 3.52. The van der Waals surface area contributed by atoms with Crippen LogP contribution in [0.25, 0.3) is 11.0 Å². The van der Waals surface area contributed by atoms with Gasteiger partial charge in [0.2, 0.25) is 5.91 Å². The SMILES string of the molecule is CC(C)(C)c1ccc(OCCn2c(C3CC(=O)N(c4cccc(Br)c4)C3)nc3ccccc32)cc1. The van der Waals surface area contributed by atoms with Gasteiger partial charge in [-0.3, -0.25) is 4.79 Å². The van der Waals surface area contributed by atoms with Gasteiger partial charge in [0.25, 0.3) is 0 Å². The zero-order chi connectivity index (χ0) is 24.6. The van der Waals surface area contributed by atoms with Crippen molar-refractivity contribution >= 4 is 38.6 Å². The van der Waals surface area contributed by atoms with Gasteiger partial charge in [0.1, 0.15) is 18.2 Å². The molecule has 5 rings (SSSR count). The molecule has 0 N–H and O–H groups in total. The zero-order valence-corrected chi connectivity index (χ0v) is 22.0. The summed E-state index contributed by atoms with van der Waals surface area (Å²) in [5.41, 5.74) is 4.34. The summed E-state index contributed by atoms with van der Waals surface area (Å²) in [5.74, 6) is 1.96. The van der Waals surface area contributed by atoms with Crippen molar-refractivity contribution < 1.29 is 9.53 Å². The summed E-state index contributed by atoms with van der Waals surface area (Å²) in [6.07, 6.45) is 0.449. The van der Waals surface area contributed by atoms with Gasteiger partial charge in [0.15, 0.2) is 0 Å².